The third kappa shape index (κ3) is 3.55. The Labute approximate surface area is 264 Å². The van der Waals surface area contributed by atoms with Crippen molar-refractivity contribution in [1.82, 2.24) is 19.1 Å². The molecule has 3 aromatic heterocycles. The van der Waals surface area contributed by atoms with E-state index in [0.717, 1.165) is 50.3 Å². The van der Waals surface area contributed by atoms with Crippen molar-refractivity contribution in [2.75, 3.05) is 0 Å². The Hall–Kier alpha value is -6.26. The second kappa shape index (κ2) is 9.62. The molecule has 3 heterocycles. The van der Waals surface area contributed by atoms with E-state index in [1.807, 2.05) is 24.3 Å². The SMILES string of the molecule is c1ccc(-c2nc3ccccc3nc2-n2c3cc4ccccc4cc3c3ccc4c5ccccc5n(-c5ccccc5)c4c32)cc1. The van der Waals surface area contributed by atoms with Gasteiger partial charge in [0.15, 0.2) is 5.82 Å². The molecule has 0 fully saturated rings. The first-order valence-electron chi connectivity index (χ1n) is 15.6. The molecule has 0 aliphatic carbocycles. The summed E-state index contributed by atoms with van der Waals surface area (Å²) in [6, 6.07) is 55.9. The Kier molecular flexibility index (Phi) is 5.25. The first-order valence-corrected chi connectivity index (χ1v) is 15.6. The first kappa shape index (κ1) is 25.1. The second-order valence-electron chi connectivity index (χ2n) is 11.8. The molecule has 0 unspecified atom stereocenters. The average molecular weight is 587 g/mol. The van der Waals surface area contributed by atoms with Crippen molar-refractivity contribution in [3.05, 3.63) is 158 Å². The first-order chi connectivity index (χ1) is 22.8. The highest BCUT2D eigenvalue weighted by Crippen LogP contribution is 2.43. The predicted octanol–water partition coefficient (Wildman–Crippen LogP) is 10.6. The van der Waals surface area contributed by atoms with Crippen molar-refractivity contribution in [1.29, 1.82) is 0 Å². The second-order valence-corrected chi connectivity index (χ2v) is 11.8. The van der Waals surface area contributed by atoms with Crippen LogP contribution in [0.15, 0.2) is 158 Å². The molecule has 46 heavy (non-hydrogen) atoms. The van der Waals surface area contributed by atoms with E-state index in [9.17, 15) is 0 Å². The van der Waals surface area contributed by atoms with Crippen LogP contribution in [0.1, 0.15) is 0 Å². The Morgan fingerprint density at radius 2 is 0.978 bits per heavy atom. The van der Waals surface area contributed by atoms with Crippen LogP contribution in [0.5, 0.6) is 0 Å². The molecule has 0 amide bonds. The minimum atomic E-state index is 0.817. The van der Waals surface area contributed by atoms with Gasteiger partial charge >= 0.3 is 0 Å². The summed E-state index contributed by atoms with van der Waals surface area (Å²) in [4.78, 5) is 10.7. The van der Waals surface area contributed by atoms with E-state index in [1.165, 1.54) is 37.8 Å². The molecule has 10 aromatic rings. The molecule has 0 aliphatic rings. The summed E-state index contributed by atoms with van der Waals surface area (Å²) in [5.74, 6) is 0.817. The normalized spacial score (nSPS) is 11.9. The Balaban J connectivity index is 1.49. The van der Waals surface area contributed by atoms with Gasteiger partial charge in [-0.25, -0.2) is 9.97 Å². The molecule has 4 nitrogen and oxygen atoms in total. The Morgan fingerprint density at radius 1 is 0.391 bits per heavy atom. The van der Waals surface area contributed by atoms with Gasteiger partial charge in [0.05, 0.1) is 33.1 Å². The van der Waals surface area contributed by atoms with Crippen LogP contribution < -0.4 is 0 Å². The monoisotopic (exact) mass is 586 g/mol. The largest absolute Gasteiger partial charge is 0.307 e. The number of fused-ring (bicyclic) bond motifs is 9. The number of rotatable bonds is 3. The van der Waals surface area contributed by atoms with Crippen LogP contribution in [0.2, 0.25) is 0 Å². The zero-order chi connectivity index (χ0) is 30.2. The topological polar surface area (TPSA) is 35.6 Å². The van der Waals surface area contributed by atoms with Crippen LogP contribution in [0.25, 0.3) is 88.2 Å². The summed E-state index contributed by atoms with van der Waals surface area (Å²) in [7, 11) is 0. The van der Waals surface area contributed by atoms with Gasteiger partial charge in [-0.05, 0) is 53.2 Å². The number of aromatic nitrogens is 4. The van der Waals surface area contributed by atoms with Gasteiger partial charge in [0.1, 0.15) is 5.69 Å². The molecule has 0 spiro atoms. The van der Waals surface area contributed by atoms with Gasteiger partial charge < -0.3 is 4.57 Å². The van der Waals surface area contributed by atoms with Crippen molar-refractivity contribution in [2.24, 2.45) is 0 Å². The minimum Gasteiger partial charge on any atom is -0.307 e. The maximum atomic E-state index is 5.43. The van der Waals surface area contributed by atoms with Crippen molar-refractivity contribution < 1.29 is 0 Å². The molecule has 0 atom stereocenters. The third-order valence-corrected chi connectivity index (χ3v) is 9.25. The highest BCUT2D eigenvalue weighted by Gasteiger charge is 2.24. The van der Waals surface area contributed by atoms with Gasteiger partial charge in [0.2, 0.25) is 0 Å². The minimum absolute atomic E-state index is 0.817. The fourth-order valence-corrected chi connectivity index (χ4v) is 7.23. The van der Waals surface area contributed by atoms with Crippen molar-refractivity contribution >= 4 is 65.4 Å². The summed E-state index contributed by atoms with van der Waals surface area (Å²) in [6.45, 7) is 0. The smallest absolute Gasteiger partial charge is 0.165 e. The molecule has 0 bridgehead atoms. The zero-order valence-electron chi connectivity index (χ0n) is 24.8. The van der Waals surface area contributed by atoms with Crippen LogP contribution >= 0.6 is 0 Å². The van der Waals surface area contributed by atoms with E-state index in [-0.39, 0.29) is 0 Å². The van der Waals surface area contributed by atoms with E-state index in [2.05, 4.69) is 143 Å². The number of para-hydroxylation sites is 4. The van der Waals surface area contributed by atoms with Gasteiger partial charge in [-0.2, -0.15) is 0 Å². The molecular weight excluding hydrogens is 560 g/mol. The standard InChI is InChI=1S/C42H26N4/c1-3-13-27(14-4-1)39-42(44-36-21-11-10-20-35(36)43-39)46-38-26-29-16-8-7-15-28(29)25-34(38)33-24-23-32-31-19-9-12-22-37(31)45(40(32)41(33)46)30-17-5-2-6-18-30/h1-26H. The van der Waals surface area contributed by atoms with Gasteiger partial charge in [-0.1, -0.05) is 115 Å². The van der Waals surface area contributed by atoms with E-state index in [1.54, 1.807) is 0 Å². The third-order valence-electron chi connectivity index (χ3n) is 9.25. The Morgan fingerprint density at radius 3 is 1.76 bits per heavy atom. The number of hydrogen-bond donors (Lipinski definition) is 0. The fourth-order valence-electron chi connectivity index (χ4n) is 7.23. The molecule has 0 N–H and O–H groups in total. The molecule has 214 valence electrons. The summed E-state index contributed by atoms with van der Waals surface area (Å²) in [6.07, 6.45) is 0. The lowest BCUT2D eigenvalue weighted by atomic mass is 10.1. The highest BCUT2D eigenvalue weighted by atomic mass is 15.1. The van der Waals surface area contributed by atoms with Gasteiger partial charge in [-0.3, -0.25) is 4.57 Å². The average Bonchev–Trinajstić information content (AvgIpc) is 3.63. The Bertz CT molecular complexity index is 2790. The predicted molar refractivity (Wildman–Crippen MR) is 191 cm³/mol. The van der Waals surface area contributed by atoms with E-state index in [0.29, 0.717) is 0 Å². The molecular formula is C42H26N4. The van der Waals surface area contributed by atoms with Crippen molar-refractivity contribution in [3.8, 4) is 22.8 Å². The lowest BCUT2D eigenvalue weighted by molar-refractivity contribution is 1.08. The molecule has 0 saturated heterocycles. The van der Waals surface area contributed by atoms with Crippen LogP contribution in [-0.2, 0) is 0 Å². The summed E-state index contributed by atoms with van der Waals surface area (Å²) in [5, 5.41) is 7.20. The fraction of sp³-hybridized carbons (Fsp3) is 0. The summed E-state index contributed by atoms with van der Waals surface area (Å²) >= 11 is 0. The number of hydrogen-bond acceptors (Lipinski definition) is 2. The zero-order valence-corrected chi connectivity index (χ0v) is 24.8. The van der Waals surface area contributed by atoms with Crippen molar-refractivity contribution in [3.63, 3.8) is 0 Å². The van der Waals surface area contributed by atoms with E-state index in [4.69, 9.17) is 9.97 Å². The molecule has 0 saturated carbocycles. The number of benzene rings is 7. The molecule has 10 rings (SSSR count). The van der Waals surface area contributed by atoms with Crippen LogP contribution in [0.4, 0.5) is 0 Å². The van der Waals surface area contributed by atoms with Gasteiger partial charge in [-0.15, -0.1) is 0 Å². The van der Waals surface area contributed by atoms with Gasteiger partial charge in [0, 0.05) is 32.8 Å². The van der Waals surface area contributed by atoms with Gasteiger partial charge in [0.25, 0.3) is 0 Å². The highest BCUT2D eigenvalue weighted by molar-refractivity contribution is 6.25. The van der Waals surface area contributed by atoms with E-state index < -0.39 is 0 Å². The van der Waals surface area contributed by atoms with Crippen LogP contribution in [0.3, 0.4) is 0 Å². The summed E-state index contributed by atoms with van der Waals surface area (Å²) in [5.41, 5.74) is 9.29. The lowest BCUT2D eigenvalue weighted by Crippen LogP contribution is -2.05. The molecule has 7 aromatic carbocycles. The van der Waals surface area contributed by atoms with Crippen molar-refractivity contribution in [2.45, 2.75) is 0 Å². The molecule has 4 heteroatoms. The van der Waals surface area contributed by atoms with E-state index >= 15 is 0 Å². The maximum absolute atomic E-state index is 5.43. The molecule has 0 radical (unpaired) electrons. The summed E-state index contributed by atoms with van der Waals surface area (Å²) < 4.78 is 4.79. The van der Waals surface area contributed by atoms with Crippen LogP contribution in [0, 0.1) is 0 Å². The maximum Gasteiger partial charge on any atom is 0.165 e. The number of nitrogens with zero attached hydrogens (tertiary/aromatic N) is 4. The lowest BCUT2D eigenvalue weighted by Gasteiger charge is -2.15. The van der Waals surface area contributed by atoms with Crippen LogP contribution in [-0.4, -0.2) is 19.1 Å². The quantitative estimate of drug-likeness (QED) is 0.206. The molecule has 0 aliphatic heterocycles.